The highest BCUT2D eigenvalue weighted by Crippen LogP contribution is 2.42. The summed E-state index contributed by atoms with van der Waals surface area (Å²) in [5.74, 6) is 0.642. The van der Waals surface area contributed by atoms with E-state index in [1.165, 1.54) is 0 Å². The van der Waals surface area contributed by atoms with E-state index in [9.17, 15) is 14.4 Å². The first-order valence-electron chi connectivity index (χ1n) is 15.4. The Morgan fingerprint density at radius 2 is 1.79 bits per heavy atom. The largest absolute Gasteiger partial charge is 0.379 e. The Balaban J connectivity index is 1.08. The number of piperidine rings is 1. The van der Waals surface area contributed by atoms with Gasteiger partial charge in [0.1, 0.15) is 0 Å². The number of hydrogen-bond acceptors (Lipinski definition) is 6. The van der Waals surface area contributed by atoms with E-state index in [1.54, 1.807) is 11.8 Å². The molecule has 4 amide bonds. The quantitative estimate of drug-likeness (QED) is 0.518. The van der Waals surface area contributed by atoms with Gasteiger partial charge in [0.15, 0.2) is 0 Å². The Morgan fingerprint density at radius 1 is 1.05 bits per heavy atom. The molecule has 1 N–H and O–H groups in total. The summed E-state index contributed by atoms with van der Waals surface area (Å²) in [6.45, 7) is 10.0. The number of thioether (sulfide) groups is 1. The van der Waals surface area contributed by atoms with Crippen LogP contribution in [0.3, 0.4) is 0 Å². The number of nitrogens with one attached hydrogen (secondary N) is 1. The van der Waals surface area contributed by atoms with E-state index in [4.69, 9.17) is 4.74 Å². The number of carbonyl (C=O) groups excluding carboxylic acids is 3. The highest BCUT2D eigenvalue weighted by atomic mass is 32.2. The van der Waals surface area contributed by atoms with Crippen molar-refractivity contribution in [2.24, 2.45) is 11.8 Å². The molecule has 5 aliphatic rings. The summed E-state index contributed by atoms with van der Waals surface area (Å²) in [6, 6.07) is 8.16. The van der Waals surface area contributed by atoms with E-state index in [2.05, 4.69) is 54.4 Å². The van der Waals surface area contributed by atoms with Crippen LogP contribution in [-0.2, 0) is 20.9 Å². The second-order valence-corrected chi connectivity index (χ2v) is 13.7. The van der Waals surface area contributed by atoms with Crippen molar-refractivity contribution in [2.45, 2.75) is 62.4 Å². The van der Waals surface area contributed by atoms with Gasteiger partial charge < -0.3 is 24.8 Å². The van der Waals surface area contributed by atoms with Gasteiger partial charge in [0, 0.05) is 69.4 Å². The van der Waals surface area contributed by atoms with Crippen molar-refractivity contribution in [3.05, 3.63) is 54.1 Å². The minimum atomic E-state index is -0.368. The van der Waals surface area contributed by atoms with Crippen molar-refractivity contribution < 1.29 is 19.1 Å². The maximum absolute atomic E-state index is 13.8. The van der Waals surface area contributed by atoms with Crippen LogP contribution >= 0.6 is 11.8 Å². The topological polar surface area (TPSA) is 85.4 Å². The summed E-state index contributed by atoms with van der Waals surface area (Å²) in [6.07, 6.45) is 10.4. The fourth-order valence-corrected chi connectivity index (χ4v) is 8.58. The molecule has 3 unspecified atom stereocenters. The third-order valence-electron chi connectivity index (χ3n) is 9.15. The fraction of sp³-hybridized carbons (Fsp3) is 0.594. The van der Waals surface area contributed by atoms with Crippen molar-refractivity contribution in [2.75, 3.05) is 51.3 Å². The first-order valence-corrected chi connectivity index (χ1v) is 16.4. The highest BCUT2D eigenvalue weighted by Gasteiger charge is 2.47. The summed E-state index contributed by atoms with van der Waals surface area (Å²) in [4.78, 5) is 48.5. The van der Waals surface area contributed by atoms with E-state index in [1.807, 2.05) is 32.9 Å². The smallest absolute Gasteiger partial charge is 0.322 e. The van der Waals surface area contributed by atoms with Crippen LogP contribution in [0.25, 0.3) is 0 Å². The van der Waals surface area contributed by atoms with Crippen molar-refractivity contribution in [1.82, 2.24) is 19.6 Å². The molecule has 4 atom stereocenters. The predicted octanol–water partition coefficient (Wildman–Crippen LogP) is 3.78. The van der Waals surface area contributed by atoms with E-state index in [0.717, 1.165) is 50.4 Å². The number of para-hydroxylation sites is 1. The molecule has 1 aliphatic carbocycles. The highest BCUT2D eigenvalue weighted by molar-refractivity contribution is 8.01. The number of rotatable bonds is 7. The predicted molar refractivity (Wildman–Crippen MR) is 165 cm³/mol. The molecule has 10 heteroatoms. The van der Waals surface area contributed by atoms with Gasteiger partial charge in [-0.15, -0.1) is 11.8 Å². The second kappa shape index (κ2) is 12.8. The van der Waals surface area contributed by atoms with Crippen LogP contribution in [-0.4, -0.2) is 106 Å². The van der Waals surface area contributed by atoms with E-state index in [-0.39, 0.29) is 52.9 Å². The van der Waals surface area contributed by atoms with Gasteiger partial charge in [-0.25, -0.2) is 4.79 Å². The van der Waals surface area contributed by atoms with Gasteiger partial charge >= 0.3 is 6.03 Å². The van der Waals surface area contributed by atoms with Crippen LogP contribution in [0.5, 0.6) is 0 Å². The maximum Gasteiger partial charge on any atom is 0.322 e. The standard InChI is InChI=1S/C32H43N5O4S/c1-22(2)20-37-30(39)28(42-31(37)25-8-4-6-10-27(25)34-15-17-41-18-16-34)19-29(38)35-13-11-24(12-14-35)36-21-23-7-3-5-9-26(23)33-32(36)40/h3-10,22,24-25,27-28,31H,11-21H2,1-2H3,(H,33,40)/t25?,27?,28-,31?/m0/s1. The zero-order valence-electron chi connectivity index (χ0n) is 24.7. The first-order chi connectivity index (χ1) is 20.4. The normalized spacial score (nSPS) is 28.9. The number of urea groups is 1. The molecule has 0 bridgehead atoms. The molecule has 3 saturated heterocycles. The van der Waals surface area contributed by atoms with E-state index < -0.39 is 0 Å². The minimum absolute atomic E-state index is 0.00188. The number of hydrogen-bond donors (Lipinski definition) is 1. The van der Waals surface area contributed by atoms with Crippen molar-refractivity contribution in [3.63, 3.8) is 0 Å². The number of morpholine rings is 1. The molecular formula is C32H43N5O4S. The average molecular weight is 594 g/mol. The van der Waals surface area contributed by atoms with Gasteiger partial charge in [-0.05, 0) is 30.4 Å². The molecule has 1 aromatic rings. The number of likely N-dealkylation sites (tertiary alicyclic amines) is 1. The summed E-state index contributed by atoms with van der Waals surface area (Å²) in [5, 5.41) is 2.64. The fourth-order valence-electron chi connectivity index (χ4n) is 6.98. The lowest BCUT2D eigenvalue weighted by molar-refractivity contribution is -0.137. The van der Waals surface area contributed by atoms with Gasteiger partial charge in [0.25, 0.3) is 0 Å². The minimum Gasteiger partial charge on any atom is -0.379 e. The summed E-state index contributed by atoms with van der Waals surface area (Å²) in [5.41, 5.74) is 2.00. The summed E-state index contributed by atoms with van der Waals surface area (Å²) in [7, 11) is 0. The van der Waals surface area contributed by atoms with Crippen molar-refractivity contribution >= 4 is 35.3 Å². The number of anilines is 1. The number of nitrogens with zero attached hydrogens (tertiary/aromatic N) is 4. The molecule has 1 aromatic carbocycles. The number of amides is 4. The molecule has 4 heterocycles. The molecule has 0 aromatic heterocycles. The van der Waals surface area contributed by atoms with Gasteiger partial charge in [0.05, 0.1) is 23.8 Å². The van der Waals surface area contributed by atoms with Crippen molar-refractivity contribution in [1.29, 1.82) is 0 Å². The number of fused-ring (bicyclic) bond motifs is 1. The number of carbonyl (C=O) groups is 3. The molecule has 6 rings (SSSR count). The molecular weight excluding hydrogens is 550 g/mol. The van der Waals surface area contributed by atoms with Crippen LogP contribution in [0.4, 0.5) is 10.5 Å². The number of benzene rings is 1. The van der Waals surface area contributed by atoms with Crippen LogP contribution in [0.15, 0.2) is 48.6 Å². The van der Waals surface area contributed by atoms with Crippen LogP contribution < -0.4 is 5.32 Å². The third kappa shape index (κ3) is 6.12. The number of ether oxygens (including phenoxy) is 1. The Labute approximate surface area is 253 Å². The molecule has 9 nitrogen and oxygen atoms in total. The monoisotopic (exact) mass is 593 g/mol. The van der Waals surface area contributed by atoms with Crippen LogP contribution in [0.1, 0.15) is 38.7 Å². The Morgan fingerprint density at radius 3 is 2.55 bits per heavy atom. The van der Waals surface area contributed by atoms with Crippen molar-refractivity contribution in [3.8, 4) is 0 Å². The Bertz CT molecular complexity index is 1220. The lowest BCUT2D eigenvalue weighted by Gasteiger charge is -2.41. The average Bonchev–Trinajstić information content (AvgIpc) is 3.30. The first kappa shape index (κ1) is 29.3. The van der Waals surface area contributed by atoms with Gasteiger partial charge in [-0.3, -0.25) is 14.5 Å². The molecule has 226 valence electrons. The van der Waals surface area contributed by atoms with E-state index in [0.29, 0.717) is 32.1 Å². The molecule has 0 radical (unpaired) electrons. The molecule has 42 heavy (non-hydrogen) atoms. The molecule has 0 spiro atoms. The third-order valence-corrected chi connectivity index (χ3v) is 10.7. The van der Waals surface area contributed by atoms with Gasteiger partial charge in [0.2, 0.25) is 11.8 Å². The Kier molecular flexibility index (Phi) is 8.93. The lowest BCUT2D eigenvalue weighted by atomic mass is 9.92. The number of allylic oxidation sites excluding steroid dienone is 2. The van der Waals surface area contributed by atoms with Gasteiger partial charge in [-0.2, -0.15) is 0 Å². The SMILES string of the molecule is CC(C)CN1C(=O)[C@H](CC(=O)N2CCC(N3Cc4ccccc4NC3=O)CC2)SC1C1C=CC=CC1N1CCOCC1. The van der Waals surface area contributed by atoms with Crippen LogP contribution in [0.2, 0.25) is 0 Å². The lowest BCUT2D eigenvalue weighted by Crippen LogP contribution is -2.51. The summed E-state index contributed by atoms with van der Waals surface area (Å²) >= 11 is 1.68. The molecule has 3 fully saturated rings. The Hall–Kier alpha value is -2.82. The van der Waals surface area contributed by atoms with Gasteiger partial charge in [-0.1, -0.05) is 56.4 Å². The molecule has 4 aliphatic heterocycles. The maximum atomic E-state index is 13.8. The zero-order chi connectivity index (χ0) is 29.2. The molecule has 0 saturated carbocycles. The second-order valence-electron chi connectivity index (χ2n) is 12.4. The zero-order valence-corrected chi connectivity index (χ0v) is 25.5. The summed E-state index contributed by atoms with van der Waals surface area (Å²) < 4.78 is 5.60. The van der Waals surface area contributed by atoms with Crippen LogP contribution in [0, 0.1) is 11.8 Å². The van der Waals surface area contributed by atoms with E-state index >= 15 is 0 Å².